The SMILES string of the molecule is C=CCn1c(SCC(=O)N(C)[C@@H](C)c2ccccc2)nnc1[C@H]1COc2ccccc2O1. The van der Waals surface area contributed by atoms with Gasteiger partial charge in [-0.25, -0.2) is 0 Å². The number of rotatable bonds is 8. The van der Waals surface area contributed by atoms with Gasteiger partial charge in [0.25, 0.3) is 0 Å². The van der Waals surface area contributed by atoms with Crippen LogP contribution in [0.4, 0.5) is 0 Å². The van der Waals surface area contributed by atoms with Crippen LogP contribution in [0.3, 0.4) is 0 Å². The Labute approximate surface area is 192 Å². The van der Waals surface area contributed by atoms with E-state index in [1.54, 1.807) is 11.0 Å². The molecule has 1 aliphatic rings. The van der Waals surface area contributed by atoms with Crippen LogP contribution in [0, 0.1) is 0 Å². The summed E-state index contributed by atoms with van der Waals surface area (Å²) in [7, 11) is 1.82. The van der Waals surface area contributed by atoms with Crippen molar-refractivity contribution in [1.29, 1.82) is 0 Å². The van der Waals surface area contributed by atoms with Crippen molar-refractivity contribution in [2.24, 2.45) is 0 Å². The Morgan fingerprint density at radius 3 is 2.69 bits per heavy atom. The average molecular weight is 451 g/mol. The highest BCUT2D eigenvalue weighted by atomic mass is 32.2. The summed E-state index contributed by atoms with van der Waals surface area (Å²) in [4.78, 5) is 14.6. The summed E-state index contributed by atoms with van der Waals surface area (Å²) in [5.74, 6) is 2.33. The molecule has 1 aliphatic heterocycles. The van der Waals surface area contributed by atoms with E-state index in [0.717, 1.165) is 5.56 Å². The van der Waals surface area contributed by atoms with E-state index in [0.29, 0.717) is 35.6 Å². The molecular formula is C24H26N4O3S. The Morgan fingerprint density at radius 1 is 1.22 bits per heavy atom. The smallest absolute Gasteiger partial charge is 0.233 e. The molecule has 8 heteroatoms. The molecule has 0 N–H and O–H groups in total. The Hall–Kier alpha value is -3.26. The topological polar surface area (TPSA) is 69.5 Å². The van der Waals surface area contributed by atoms with Crippen molar-refractivity contribution in [3.8, 4) is 11.5 Å². The number of hydrogen-bond donors (Lipinski definition) is 0. The molecule has 0 aliphatic carbocycles. The number of para-hydroxylation sites is 2. The number of nitrogens with zero attached hydrogens (tertiary/aromatic N) is 4. The van der Waals surface area contributed by atoms with Crippen LogP contribution in [-0.2, 0) is 11.3 Å². The molecule has 2 atom stereocenters. The van der Waals surface area contributed by atoms with Crippen molar-refractivity contribution in [3.05, 3.63) is 78.6 Å². The van der Waals surface area contributed by atoms with Gasteiger partial charge in [-0.15, -0.1) is 16.8 Å². The number of benzene rings is 2. The predicted molar refractivity (Wildman–Crippen MR) is 124 cm³/mol. The van der Waals surface area contributed by atoms with Crippen molar-refractivity contribution in [1.82, 2.24) is 19.7 Å². The number of fused-ring (bicyclic) bond motifs is 1. The van der Waals surface area contributed by atoms with Gasteiger partial charge in [0, 0.05) is 13.6 Å². The maximum absolute atomic E-state index is 12.8. The highest BCUT2D eigenvalue weighted by Crippen LogP contribution is 2.36. The first-order chi connectivity index (χ1) is 15.6. The summed E-state index contributed by atoms with van der Waals surface area (Å²) in [6.45, 7) is 6.72. The van der Waals surface area contributed by atoms with Gasteiger partial charge < -0.3 is 14.4 Å². The molecule has 3 aromatic rings. The molecule has 1 amide bonds. The van der Waals surface area contributed by atoms with Crippen LogP contribution in [0.5, 0.6) is 11.5 Å². The number of allylic oxidation sites excluding steroid dienone is 1. The van der Waals surface area contributed by atoms with Gasteiger partial charge in [0.05, 0.1) is 11.8 Å². The molecule has 0 radical (unpaired) electrons. The number of thioether (sulfide) groups is 1. The standard InChI is InChI=1S/C24H26N4O3S/c1-4-14-28-23(21-15-30-19-12-8-9-13-20(19)31-21)25-26-24(28)32-16-22(29)27(3)17(2)18-10-6-5-7-11-18/h4-13,17,21H,1,14-16H2,2-3H3/t17-,21+/m0/s1. The van der Waals surface area contributed by atoms with E-state index >= 15 is 0 Å². The second kappa shape index (κ2) is 9.91. The lowest BCUT2D eigenvalue weighted by atomic mass is 10.1. The van der Waals surface area contributed by atoms with Gasteiger partial charge in [0.1, 0.15) is 6.61 Å². The van der Waals surface area contributed by atoms with Crippen molar-refractivity contribution in [2.75, 3.05) is 19.4 Å². The molecule has 1 aromatic heterocycles. The first kappa shape index (κ1) is 22.0. The number of carbonyl (C=O) groups excluding carboxylic acids is 1. The fourth-order valence-electron chi connectivity index (χ4n) is 3.49. The summed E-state index contributed by atoms with van der Waals surface area (Å²) < 4.78 is 13.9. The highest BCUT2D eigenvalue weighted by molar-refractivity contribution is 7.99. The molecule has 0 fully saturated rings. The molecule has 2 aromatic carbocycles. The first-order valence-corrected chi connectivity index (χ1v) is 11.4. The predicted octanol–water partition coefficient (Wildman–Crippen LogP) is 4.29. The zero-order valence-electron chi connectivity index (χ0n) is 18.2. The zero-order valence-corrected chi connectivity index (χ0v) is 19.0. The Kier molecular flexibility index (Phi) is 6.80. The van der Waals surface area contributed by atoms with E-state index in [4.69, 9.17) is 9.47 Å². The molecule has 4 rings (SSSR count). The van der Waals surface area contributed by atoms with Gasteiger partial charge in [0.15, 0.2) is 28.6 Å². The summed E-state index contributed by atoms with van der Waals surface area (Å²) in [5.41, 5.74) is 1.10. The minimum atomic E-state index is -0.386. The van der Waals surface area contributed by atoms with E-state index in [9.17, 15) is 4.79 Å². The van der Waals surface area contributed by atoms with Crippen LogP contribution in [0.15, 0.2) is 72.4 Å². The summed E-state index contributed by atoms with van der Waals surface area (Å²) in [6, 6.07) is 17.5. The molecule has 0 unspecified atom stereocenters. The molecular weight excluding hydrogens is 424 g/mol. The third-order valence-electron chi connectivity index (χ3n) is 5.43. The summed E-state index contributed by atoms with van der Waals surface area (Å²) in [6.07, 6.45) is 1.39. The lowest BCUT2D eigenvalue weighted by Gasteiger charge is -2.26. The molecule has 0 spiro atoms. The molecule has 0 saturated carbocycles. The van der Waals surface area contributed by atoms with Crippen LogP contribution in [-0.4, -0.2) is 45.0 Å². The molecule has 0 bridgehead atoms. The Morgan fingerprint density at radius 2 is 1.94 bits per heavy atom. The lowest BCUT2D eigenvalue weighted by Crippen LogP contribution is -2.31. The van der Waals surface area contributed by atoms with Gasteiger partial charge in [-0.2, -0.15) is 0 Å². The fraction of sp³-hybridized carbons (Fsp3) is 0.292. The molecule has 0 saturated heterocycles. The van der Waals surface area contributed by atoms with Gasteiger partial charge >= 0.3 is 0 Å². The minimum Gasteiger partial charge on any atom is -0.485 e. The van der Waals surface area contributed by atoms with E-state index in [2.05, 4.69) is 16.8 Å². The third kappa shape index (κ3) is 4.65. The summed E-state index contributed by atoms with van der Waals surface area (Å²) >= 11 is 1.36. The van der Waals surface area contributed by atoms with Crippen LogP contribution < -0.4 is 9.47 Å². The third-order valence-corrected chi connectivity index (χ3v) is 6.39. The fourth-order valence-corrected chi connectivity index (χ4v) is 4.37. The second-order valence-corrected chi connectivity index (χ2v) is 8.43. The molecule has 166 valence electrons. The van der Waals surface area contributed by atoms with E-state index in [1.807, 2.05) is 73.1 Å². The second-order valence-electron chi connectivity index (χ2n) is 7.48. The normalized spacial score (nSPS) is 15.8. The number of aromatic nitrogens is 3. The van der Waals surface area contributed by atoms with Crippen molar-refractivity contribution >= 4 is 17.7 Å². The number of ether oxygens (including phenoxy) is 2. The zero-order chi connectivity index (χ0) is 22.5. The van der Waals surface area contributed by atoms with Gasteiger partial charge in [-0.05, 0) is 24.6 Å². The summed E-state index contributed by atoms with van der Waals surface area (Å²) in [5, 5.41) is 9.32. The maximum Gasteiger partial charge on any atom is 0.233 e. The Balaban J connectivity index is 1.45. The van der Waals surface area contributed by atoms with Crippen LogP contribution in [0.1, 0.15) is 30.5 Å². The quantitative estimate of drug-likeness (QED) is 0.377. The van der Waals surface area contributed by atoms with Gasteiger partial charge in [0.2, 0.25) is 5.91 Å². The van der Waals surface area contributed by atoms with Crippen LogP contribution in [0.25, 0.3) is 0 Å². The first-order valence-electron chi connectivity index (χ1n) is 10.4. The average Bonchev–Trinajstić information content (AvgIpc) is 3.24. The van der Waals surface area contributed by atoms with Gasteiger partial charge in [-0.3, -0.25) is 9.36 Å². The maximum atomic E-state index is 12.8. The lowest BCUT2D eigenvalue weighted by molar-refractivity contribution is -0.128. The molecule has 2 heterocycles. The monoisotopic (exact) mass is 450 g/mol. The number of carbonyl (C=O) groups is 1. The van der Waals surface area contributed by atoms with Crippen molar-refractivity contribution in [2.45, 2.75) is 30.8 Å². The van der Waals surface area contributed by atoms with Crippen LogP contribution in [0.2, 0.25) is 0 Å². The van der Waals surface area contributed by atoms with Crippen molar-refractivity contribution < 1.29 is 14.3 Å². The van der Waals surface area contributed by atoms with Crippen LogP contribution >= 0.6 is 11.8 Å². The largest absolute Gasteiger partial charge is 0.485 e. The molecule has 32 heavy (non-hydrogen) atoms. The highest BCUT2D eigenvalue weighted by Gasteiger charge is 2.28. The van der Waals surface area contributed by atoms with E-state index < -0.39 is 0 Å². The van der Waals surface area contributed by atoms with E-state index in [-0.39, 0.29) is 23.8 Å². The number of hydrogen-bond acceptors (Lipinski definition) is 6. The minimum absolute atomic E-state index is 0.0150. The van der Waals surface area contributed by atoms with Gasteiger partial charge in [-0.1, -0.05) is 60.3 Å². The van der Waals surface area contributed by atoms with Crippen molar-refractivity contribution in [3.63, 3.8) is 0 Å². The number of amides is 1. The molecule has 7 nitrogen and oxygen atoms in total. The van der Waals surface area contributed by atoms with E-state index in [1.165, 1.54) is 11.8 Å². The Bertz CT molecular complexity index is 1090.